The topological polar surface area (TPSA) is 69.7 Å². The molecule has 0 aromatic heterocycles. The number of thioether (sulfide) groups is 1. The van der Waals surface area contributed by atoms with E-state index >= 15 is 0 Å². The summed E-state index contributed by atoms with van der Waals surface area (Å²) in [6, 6.07) is 19.6. The molecule has 35 heavy (non-hydrogen) atoms. The Morgan fingerprint density at radius 3 is 2.34 bits per heavy atom. The minimum atomic E-state index is -4.10. The largest absolute Gasteiger partial charge is 0.372 e. The Morgan fingerprint density at radius 2 is 1.71 bits per heavy atom. The molecule has 184 valence electrons. The first-order chi connectivity index (χ1) is 16.9. The lowest BCUT2D eigenvalue weighted by atomic mass is 10.2. The average Bonchev–Trinajstić information content (AvgIpc) is 3.41. The van der Waals surface area contributed by atoms with Gasteiger partial charge in [-0.1, -0.05) is 18.2 Å². The van der Waals surface area contributed by atoms with E-state index in [2.05, 4.69) is 10.2 Å². The van der Waals surface area contributed by atoms with E-state index < -0.39 is 28.3 Å². The summed E-state index contributed by atoms with van der Waals surface area (Å²) >= 11 is 1.49. The number of rotatable bonds is 9. The minimum Gasteiger partial charge on any atom is -0.372 e. The van der Waals surface area contributed by atoms with Crippen LogP contribution in [-0.4, -0.2) is 40.2 Å². The Balaban J connectivity index is 1.49. The van der Waals surface area contributed by atoms with Crippen LogP contribution in [-0.2, 0) is 21.4 Å². The molecule has 0 saturated carbocycles. The quantitative estimate of drug-likeness (QED) is 0.422. The maximum absolute atomic E-state index is 13.9. The van der Waals surface area contributed by atoms with E-state index in [0.717, 1.165) is 39.6 Å². The number of benzene rings is 3. The summed E-state index contributed by atoms with van der Waals surface area (Å²) in [7, 11) is -4.10. The summed E-state index contributed by atoms with van der Waals surface area (Å²) in [6.07, 6.45) is 4.29. The fraction of sp³-hybridized carbons (Fsp3) is 0.269. The number of nitrogens with one attached hydrogen (secondary N) is 1. The second-order valence-corrected chi connectivity index (χ2v) is 11.0. The Hall–Kier alpha value is -3.04. The monoisotopic (exact) mass is 513 g/mol. The van der Waals surface area contributed by atoms with Gasteiger partial charge in [0.15, 0.2) is 0 Å². The fourth-order valence-corrected chi connectivity index (χ4v) is 5.83. The van der Waals surface area contributed by atoms with Crippen LogP contribution < -0.4 is 14.5 Å². The minimum absolute atomic E-state index is 0.0323. The number of nitrogens with zero attached hydrogens (tertiary/aromatic N) is 2. The van der Waals surface area contributed by atoms with Gasteiger partial charge in [0.05, 0.1) is 10.6 Å². The van der Waals surface area contributed by atoms with Gasteiger partial charge in [0, 0.05) is 30.2 Å². The van der Waals surface area contributed by atoms with Crippen molar-refractivity contribution in [1.82, 2.24) is 5.32 Å². The maximum atomic E-state index is 13.9. The van der Waals surface area contributed by atoms with Crippen LogP contribution in [0, 0.1) is 5.82 Å². The van der Waals surface area contributed by atoms with Gasteiger partial charge in [-0.2, -0.15) is 0 Å². The van der Waals surface area contributed by atoms with Crippen LogP contribution in [0.5, 0.6) is 0 Å². The molecule has 1 heterocycles. The summed E-state index contributed by atoms with van der Waals surface area (Å²) in [5.74, 6) is -1.07. The van der Waals surface area contributed by atoms with Crippen LogP contribution in [0.1, 0.15) is 18.4 Å². The maximum Gasteiger partial charge on any atom is 0.264 e. The van der Waals surface area contributed by atoms with Crippen molar-refractivity contribution in [2.24, 2.45) is 0 Å². The lowest BCUT2D eigenvalue weighted by Crippen LogP contribution is -2.40. The predicted octanol–water partition coefficient (Wildman–Crippen LogP) is 4.66. The lowest BCUT2D eigenvalue weighted by molar-refractivity contribution is -0.119. The molecule has 0 aliphatic carbocycles. The number of amides is 1. The van der Waals surface area contributed by atoms with Crippen LogP contribution in [0.4, 0.5) is 15.8 Å². The molecule has 1 saturated heterocycles. The van der Waals surface area contributed by atoms with E-state index in [0.29, 0.717) is 0 Å². The highest BCUT2D eigenvalue weighted by atomic mass is 32.2. The van der Waals surface area contributed by atoms with Gasteiger partial charge in [0.2, 0.25) is 5.91 Å². The van der Waals surface area contributed by atoms with Crippen molar-refractivity contribution in [3.63, 3.8) is 0 Å². The summed E-state index contributed by atoms with van der Waals surface area (Å²) < 4.78 is 41.7. The number of hydrogen-bond donors (Lipinski definition) is 1. The third-order valence-corrected chi connectivity index (χ3v) is 8.46. The third kappa shape index (κ3) is 6.15. The first-order valence-corrected chi connectivity index (χ1v) is 14.1. The molecular formula is C26H28FN3O3S2. The number of anilines is 2. The van der Waals surface area contributed by atoms with Gasteiger partial charge in [-0.05, 0) is 79.3 Å². The van der Waals surface area contributed by atoms with Crippen LogP contribution in [0.15, 0.2) is 82.6 Å². The molecule has 1 aliphatic heterocycles. The highest BCUT2D eigenvalue weighted by Gasteiger charge is 2.27. The van der Waals surface area contributed by atoms with Crippen molar-refractivity contribution < 1.29 is 17.6 Å². The first-order valence-electron chi connectivity index (χ1n) is 11.4. The summed E-state index contributed by atoms with van der Waals surface area (Å²) in [5, 5.41) is 2.79. The van der Waals surface area contributed by atoms with Crippen LogP contribution in [0.2, 0.25) is 0 Å². The van der Waals surface area contributed by atoms with E-state index in [1.807, 2.05) is 30.5 Å². The molecule has 1 amide bonds. The van der Waals surface area contributed by atoms with E-state index in [9.17, 15) is 17.6 Å². The van der Waals surface area contributed by atoms with Gasteiger partial charge in [0.25, 0.3) is 10.0 Å². The van der Waals surface area contributed by atoms with E-state index in [-0.39, 0.29) is 17.1 Å². The highest BCUT2D eigenvalue weighted by Crippen LogP contribution is 2.26. The molecule has 9 heteroatoms. The lowest BCUT2D eigenvalue weighted by Gasteiger charge is -2.24. The summed E-state index contributed by atoms with van der Waals surface area (Å²) in [4.78, 5) is 16.1. The fourth-order valence-electron chi connectivity index (χ4n) is 4.01. The second-order valence-electron chi connectivity index (χ2n) is 8.30. The Kier molecular flexibility index (Phi) is 7.97. The summed E-state index contributed by atoms with van der Waals surface area (Å²) in [6.45, 7) is 1.90. The number of sulfonamides is 1. The standard InChI is InChI=1S/C26H28FN3O3S2/c1-34-24-11-13-25(14-12-24)35(32,33)30(23-6-4-5-21(27)17-23)19-26(31)28-18-20-7-9-22(10-8-20)29-15-2-3-16-29/h4-14,17H,2-3,15-16,18-19H2,1H3,(H,28,31). The zero-order chi connectivity index (χ0) is 24.8. The molecule has 0 spiro atoms. The zero-order valence-electron chi connectivity index (χ0n) is 19.5. The van der Waals surface area contributed by atoms with Crippen LogP contribution in [0.3, 0.4) is 0 Å². The van der Waals surface area contributed by atoms with Crippen LogP contribution in [0.25, 0.3) is 0 Å². The third-order valence-electron chi connectivity index (χ3n) is 5.93. The molecule has 4 rings (SSSR count). The molecule has 0 unspecified atom stereocenters. The predicted molar refractivity (Wildman–Crippen MR) is 139 cm³/mol. The SMILES string of the molecule is CSc1ccc(S(=O)(=O)N(CC(=O)NCc2ccc(N3CCCC3)cc2)c2cccc(F)c2)cc1. The van der Waals surface area contributed by atoms with Gasteiger partial charge < -0.3 is 10.2 Å². The number of halogens is 1. The molecule has 0 radical (unpaired) electrons. The number of carbonyl (C=O) groups is 1. The zero-order valence-corrected chi connectivity index (χ0v) is 21.1. The van der Waals surface area contributed by atoms with Crippen molar-refractivity contribution in [2.75, 3.05) is 35.1 Å². The van der Waals surface area contributed by atoms with Gasteiger partial charge in [0.1, 0.15) is 12.4 Å². The van der Waals surface area contributed by atoms with Crippen molar-refractivity contribution in [1.29, 1.82) is 0 Å². The van der Waals surface area contributed by atoms with Crippen molar-refractivity contribution in [3.8, 4) is 0 Å². The molecule has 3 aromatic carbocycles. The second kappa shape index (κ2) is 11.1. The first kappa shape index (κ1) is 25.1. The number of carbonyl (C=O) groups excluding carboxylic acids is 1. The normalized spacial score (nSPS) is 13.6. The van der Waals surface area contributed by atoms with E-state index in [4.69, 9.17) is 0 Å². The van der Waals surface area contributed by atoms with Gasteiger partial charge in [-0.15, -0.1) is 11.8 Å². The van der Waals surface area contributed by atoms with Gasteiger partial charge in [-0.25, -0.2) is 12.8 Å². The molecule has 1 N–H and O–H groups in total. The molecule has 0 bridgehead atoms. The number of hydrogen-bond acceptors (Lipinski definition) is 5. The Labute approximate surface area is 210 Å². The summed E-state index contributed by atoms with van der Waals surface area (Å²) in [5.41, 5.74) is 2.16. The van der Waals surface area contributed by atoms with Crippen molar-refractivity contribution in [2.45, 2.75) is 29.2 Å². The molecule has 1 aliphatic rings. The van der Waals surface area contributed by atoms with Gasteiger partial charge >= 0.3 is 0 Å². The Morgan fingerprint density at radius 1 is 1.03 bits per heavy atom. The molecular weight excluding hydrogens is 485 g/mol. The van der Waals surface area contributed by atoms with Crippen molar-refractivity contribution >= 4 is 39.1 Å². The molecule has 0 atom stereocenters. The molecule has 6 nitrogen and oxygen atoms in total. The smallest absolute Gasteiger partial charge is 0.264 e. The van der Waals surface area contributed by atoms with Gasteiger partial charge in [-0.3, -0.25) is 9.10 Å². The van der Waals surface area contributed by atoms with E-state index in [1.165, 1.54) is 54.9 Å². The average molecular weight is 514 g/mol. The van der Waals surface area contributed by atoms with E-state index in [1.54, 1.807) is 12.1 Å². The highest BCUT2D eigenvalue weighted by molar-refractivity contribution is 7.98. The van der Waals surface area contributed by atoms with Crippen LogP contribution >= 0.6 is 11.8 Å². The molecule has 1 fully saturated rings. The van der Waals surface area contributed by atoms with Crippen molar-refractivity contribution in [3.05, 3.63) is 84.2 Å². The Bertz CT molecular complexity index is 1260. The molecule has 3 aromatic rings.